The minimum absolute atomic E-state index is 0.292. The molecule has 17 heavy (non-hydrogen) atoms. The van der Waals surface area contributed by atoms with Gasteiger partial charge in [-0.05, 0) is 17.7 Å². The minimum atomic E-state index is 0.292. The molecule has 1 aromatic heterocycles. The summed E-state index contributed by atoms with van der Waals surface area (Å²) in [5.74, 6) is 0.859. The number of rotatable bonds is 4. The van der Waals surface area contributed by atoms with E-state index >= 15 is 0 Å². The Bertz CT molecular complexity index is 357. The smallest absolute Gasteiger partial charge is 0.224 e. The molecule has 1 aliphatic rings. The van der Waals surface area contributed by atoms with E-state index < -0.39 is 0 Å². The summed E-state index contributed by atoms with van der Waals surface area (Å²) in [5.41, 5.74) is 0. The second-order valence-electron chi connectivity index (χ2n) is 4.06. The van der Waals surface area contributed by atoms with E-state index in [2.05, 4.69) is 19.8 Å². The largest absolute Gasteiger partial charge is 0.379 e. The van der Waals surface area contributed by atoms with Crippen LogP contribution in [0, 0.1) is 0 Å². The Morgan fingerprint density at radius 1 is 1.47 bits per heavy atom. The molecule has 2 rings (SSSR count). The SMILES string of the molecule is CN(CCN1CCOCC1)c1ccnc(Cl)n1. The molecule has 2 heterocycles. The second-order valence-corrected chi connectivity index (χ2v) is 4.40. The summed E-state index contributed by atoms with van der Waals surface area (Å²) in [4.78, 5) is 12.5. The number of likely N-dealkylation sites (N-methyl/N-ethyl adjacent to an activating group) is 1. The van der Waals surface area contributed by atoms with Gasteiger partial charge in [0.1, 0.15) is 5.82 Å². The molecule has 0 amide bonds. The zero-order valence-corrected chi connectivity index (χ0v) is 10.7. The minimum Gasteiger partial charge on any atom is -0.379 e. The predicted molar refractivity (Wildman–Crippen MR) is 67.6 cm³/mol. The Labute approximate surface area is 106 Å². The highest BCUT2D eigenvalue weighted by atomic mass is 35.5. The first-order valence-corrected chi connectivity index (χ1v) is 6.13. The summed E-state index contributed by atoms with van der Waals surface area (Å²) in [7, 11) is 2.01. The fourth-order valence-corrected chi connectivity index (χ4v) is 1.91. The summed E-state index contributed by atoms with van der Waals surface area (Å²) in [5, 5.41) is 0.292. The average Bonchev–Trinajstić information content (AvgIpc) is 2.37. The van der Waals surface area contributed by atoms with Crippen molar-refractivity contribution in [3.8, 4) is 0 Å². The lowest BCUT2D eigenvalue weighted by atomic mass is 10.4. The van der Waals surface area contributed by atoms with Gasteiger partial charge in [-0.15, -0.1) is 0 Å². The third-order valence-electron chi connectivity index (χ3n) is 2.86. The van der Waals surface area contributed by atoms with Gasteiger partial charge in [0.15, 0.2) is 0 Å². The topological polar surface area (TPSA) is 41.5 Å². The monoisotopic (exact) mass is 256 g/mol. The lowest BCUT2D eigenvalue weighted by molar-refractivity contribution is 0.0393. The van der Waals surface area contributed by atoms with Gasteiger partial charge in [0.05, 0.1) is 13.2 Å². The van der Waals surface area contributed by atoms with Crippen LogP contribution in [0.2, 0.25) is 5.28 Å². The zero-order valence-electron chi connectivity index (χ0n) is 9.97. The van der Waals surface area contributed by atoms with Gasteiger partial charge in [0.25, 0.3) is 0 Å². The highest BCUT2D eigenvalue weighted by Gasteiger charge is 2.11. The molecule has 0 unspecified atom stereocenters. The van der Waals surface area contributed by atoms with Crippen molar-refractivity contribution in [1.29, 1.82) is 0 Å². The second kappa shape index (κ2) is 6.14. The Balaban J connectivity index is 1.82. The fourth-order valence-electron chi connectivity index (χ4n) is 1.77. The number of hydrogen-bond acceptors (Lipinski definition) is 5. The van der Waals surface area contributed by atoms with E-state index in [-0.39, 0.29) is 0 Å². The molecule has 1 aromatic rings. The number of halogens is 1. The van der Waals surface area contributed by atoms with Crippen LogP contribution in [0.4, 0.5) is 5.82 Å². The van der Waals surface area contributed by atoms with Gasteiger partial charge >= 0.3 is 0 Å². The number of morpholine rings is 1. The summed E-state index contributed by atoms with van der Waals surface area (Å²) >= 11 is 5.76. The normalized spacial score (nSPS) is 17.1. The standard InChI is InChI=1S/C11H17ClN4O/c1-15(10-2-3-13-11(12)14-10)4-5-16-6-8-17-9-7-16/h2-3H,4-9H2,1H3. The van der Waals surface area contributed by atoms with Crippen LogP contribution >= 0.6 is 11.6 Å². The van der Waals surface area contributed by atoms with Crippen LogP contribution in [0.25, 0.3) is 0 Å². The van der Waals surface area contributed by atoms with Crippen LogP contribution in [0.5, 0.6) is 0 Å². The molecule has 0 atom stereocenters. The van der Waals surface area contributed by atoms with Gasteiger partial charge in [-0.1, -0.05) is 0 Å². The Hall–Kier alpha value is -0.910. The lowest BCUT2D eigenvalue weighted by Crippen LogP contribution is -2.40. The number of hydrogen-bond donors (Lipinski definition) is 0. The van der Waals surface area contributed by atoms with E-state index in [1.54, 1.807) is 6.20 Å². The third-order valence-corrected chi connectivity index (χ3v) is 3.04. The van der Waals surface area contributed by atoms with Crippen LogP contribution in [0.3, 0.4) is 0 Å². The van der Waals surface area contributed by atoms with Gasteiger partial charge < -0.3 is 9.64 Å². The van der Waals surface area contributed by atoms with Crippen molar-refractivity contribution >= 4 is 17.4 Å². The van der Waals surface area contributed by atoms with Gasteiger partial charge in [-0.25, -0.2) is 9.97 Å². The van der Waals surface area contributed by atoms with Crippen LogP contribution in [-0.2, 0) is 4.74 Å². The number of ether oxygens (including phenoxy) is 1. The lowest BCUT2D eigenvalue weighted by Gasteiger charge is -2.28. The van der Waals surface area contributed by atoms with E-state index in [4.69, 9.17) is 16.3 Å². The summed E-state index contributed by atoms with van der Waals surface area (Å²) in [6.07, 6.45) is 1.68. The molecule has 6 heteroatoms. The first-order chi connectivity index (χ1) is 8.25. The highest BCUT2D eigenvalue weighted by Crippen LogP contribution is 2.10. The van der Waals surface area contributed by atoms with E-state index in [9.17, 15) is 0 Å². The molecule has 0 aliphatic carbocycles. The van der Waals surface area contributed by atoms with E-state index in [0.29, 0.717) is 5.28 Å². The van der Waals surface area contributed by atoms with Crippen LogP contribution in [-0.4, -0.2) is 61.3 Å². The molecular formula is C11H17ClN4O. The molecule has 0 radical (unpaired) electrons. The molecule has 0 saturated carbocycles. The van der Waals surface area contributed by atoms with E-state index in [1.165, 1.54) is 0 Å². The molecule has 1 saturated heterocycles. The van der Waals surface area contributed by atoms with Gasteiger partial charge in [-0.2, -0.15) is 0 Å². The zero-order chi connectivity index (χ0) is 12.1. The molecule has 0 spiro atoms. The van der Waals surface area contributed by atoms with Crippen molar-refractivity contribution in [3.63, 3.8) is 0 Å². The van der Waals surface area contributed by atoms with Crippen molar-refractivity contribution in [2.75, 3.05) is 51.3 Å². The number of nitrogens with zero attached hydrogens (tertiary/aromatic N) is 4. The van der Waals surface area contributed by atoms with Crippen molar-refractivity contribution in [1.82, 2.24) is 14.9 Å². The summed E-state index contributed by atoms with van der Waals surface area (Å²) in [6.45, 7) is 5.64. The van der Waals surface area contributed by atoms with Crippen LogP contribution in [0.1, 0.15) is 0 Å². The van der Waals surface area contributed by atoms with Gasteiger partial charge in [0.2, 0.25) is 5.28 Å². The van der Waals surface area contributed by atoms with Crippen LogP contribution in [0.15, 0.2) is 12.3 Å². The number of aromatic nitrogens is 2. The molecule has 1 fully saturated rings. The number of anilines is 1. The molecular weight excluding hydrogens is 240 g/mol. The van der Waals surface area contributed by atoms with Crippen molar-refractivity contribution in [2.45, 2.75) is 0 Å². The fraction of sp³-hybridized carbons (Fsp3) is 0.636. The first kappa shape index (κ1) is 12.5. The molecule has 0 bridgehead atoms. The predicted octanol–water partition coefficient (Wildman–Crippen LogP) is 0.898. The molecule has 0 aromatic carbocycles. The maximum Gasteiger partial charge on any atom is 0.224 e. The molecule has 1 aliphatic heterocycles. The third kappa shape index (κ3) is 3.80. The summed E-state index contributed by atoms with van der Waals surface area (Å²) < 4.78 is 5.31. The van der Waals surface area contributed by atoms with Crippen molar-refractivity contribution < 1.29 is 4.74 Å². The Morgan fingerprint density at radius 2 is 2.24 bits per heavy atom. The van der Waals surface area contributed by atoms with E-state index in [0.717, 1.165) is 45.2 Å². The van der Waals surface area contributed by atoms with Gasteiger partial charge in [-0.3, -0.25) is 4.90 Å². The molecule has 0 N–H and O–H groups in total. The quantitative estimate of drug-likeness (QED) is 0.749. The first-order valence-electron chi connectivity index (χ1n) is 5.75. The molecule has 94 valence electrons. The van der Waals surface area contributed by atoms with Crippen molar-refractivity contribution in [2.24, 2.45) is 0 Å². The van der Waals surface area contributed by atoms with Crippen LogP contribution < -0.4 is 4.90 Å². The van der Waals surface area contributed by atoms with Gasteiger partial charge in [0, 0.05) is 39.4 Å². The Morgan fingerprint density at radius 3 is 2.94 bits per heavy atom. The highest BCUT2D eigenvalue weighted by molar-refractivity contribution is 6.28. The maximum atomic E-state index is 5.76. The Kier molecular flexibility index (Phi) is 4.53. The maximum absolute atomic E-state index is 5.76. The molecule has 5 nitrogen and oxygen atoms in total. The average molecular weight is 257 g/mol. The van der Waals surface area contributed by atoms with E-state index in [1.807, 2.05) is 13.1 Å². The van der Waals surface area contributed by atoms with Crippen molar-refractivity contribution in [3.05, 3.63) is 17.5 Å². The summed E-state index contributed by atoms with van der Waals surface area (Å²) in [6, 6.07) is 1.87.